The molecule has 0 fully saturated rings. The van der Waals surface area contributed by atoms with Crippen molar-refractivity contribution in [2.24, 2.45) is 0 Å². The van der Waals surface area contributed by atoms with Gasteiger partial charge in [0, 0.05) is 17.1 Å². The van der Waals surface area contributed by atoms with Crippen molar-refractivity contribution >= 4 is 40.0 Å². The summed E-state index contributed by atoms with van der Waals surface area (Å²) in [6.45, 7) is 2.08. The molecule has 0 spiro atoms. The molecule has 1 aliphatic carbocycles. The smallest absolute Gasteiger partial charge is 0.341 e. The average Bonchev–Trinajstić information content (AvgIpc) is 3.67. The molecular formula is C27H28N4O5S2. The Kier molecular flexibility index (Phi) is 8.54. The molecule has 4 aromatic rings. The molecular weight excluding hydrogens is 524 g/mol. The molecule has 38 heavy (non-hydrogen) atoms. The Hall–Kier alpha value is -3.44. The van der Waals surface area contributed by atoms with Gasteiger partial charge in [-0.1, -0.05) is 24.6 Å². The Morgan fingerprint density at radius 2 is 1.76 bits per heavy atom. The number of hydrogen-bond donors (Lipinski definition) is 1. The van der Waals surface area contributed by atoms with Crippen molar-refractivity contribution < 1.29 is 23.2 Å². The van der Waals surface area contributed by atoms with Crippen LogP contribution >= 0.6 is 23.1 Å². The van der Waals surface area contributed by atoms with Gasteiger partial charge in [-0.3, -0.25) is 4.79 Å². The lowest BCUT2D eigenvalue weighted by Crippen LogP contribution is -2.16. The van der Waals surface area contributed by atoms with Crippen LogP contribution in [0.2, 0.25) is 0 Å². The van der Waals surface area contributed by atoms with Crippen LogP contribution < -0.4 is 5.32 Å². The number of fused-ring (bicyclic) bond motifs is 1. The van der Waals surface area contributed by atoms with Crippen LogP contribution in [0.3, 0.4) is 0 Å². The molecule has 1 N–H and O–H groups in total. The number of thiophene rings is 1. The Morgan fingerprint density at radius 3 is 2.47 bits per heavy atom. The van der Waals surface area contributed by atoms with Crippen LogP contribution in [-0.4, -0.2) is 39.4 Å². The molecule has 0 unspecified atom stereocenters. The molecule has 4 aromatic heterocycles. The number of furan rings is 2. The second-order valence-corrected chi connectivity index (χ2v) is 10.9. The van der Waals surface area contributed by atoms with Crippen molar-refractivity contribution in [1.29, 1.82) is 0 Å². The third-order valence-electron chi connectivity index (χ3n) is 6.14. The van der Waals surface area contributed by atoms with Crippen LogP contribution in [0, 0.1) is 0 Å². The second-order valence-electron chi connectivity index (χ2n) is 8.74. The van der Waals surface area contributed by atoms with Gasteiger partial charge in [0.2, 0.25) is 11.1 Å². The summed E-state index contributed by atoms with van der Waals surface area (Å²) >= 11 is 2.83. The maximum absolute atomic E-state index is 12.9. The maximum atomic E-state index is 12.9. The fourth-order valence-electron chi connectivity index (χ4n) is 4.39. The fraction of sp³-hybridized carbons (Fsp3) is 0.370. The van der Waals surface area contributed by atoms with Crippen LogP contribution in [-0.2, 0) is 22.4 Å². The van der Waals surface area contributed by atoms with E-state index in [4.69, 9.17) is 13.6 Å². The summed E-state index contributed by atoms with van der Waals surface area (Å²) in [7, 11) is 0. The molecule has 4 heterocycles. The van der Waals surface area contributed by atoms with Gasteiger partial charge in [-0.2, -0.15) is 0 Å². The maximum Gasteiger partial charge on any atom is 0.341 e. The molecule has 0 saturated heterocycles. The lowest BCUT2D eigenvalue weighted by Gasteiger charge is -2.11. The average molecular weight is 553 g/mol. The van der Waals surface area contributed by atoms with Crippen LogP contribution in [0.15, 0.2) is 50.8 Å². The van der Waals surface area contributed by atoms with E-state index in [2.05, 4.69) is 20.5 Å². The third kappa shape index (κ3) is 5.99. The lowest BCUT2D eigenvalue weighted by atomic mass is 9.96. The second kappa shape index (κ2) is 12.4. The van der Waals surface area contributed by atoms with Crippen molar-refractivity contribution in [3.05, 3.63) is 52.8 Å². The summed E-state index contributed by atoms with van der Waals surface area (Å²) in [5, 5.41) is 12.5. The molecule has 5 rings (SSSR count). The van der Waals surface area contributed by atoms with E-state index in [1.165, 1.54) is 34.4 Å². The Labute approximate surface area is 228 Å². The Balaban J connectivity index is 1.27. The number of carbonyl (C=O) groups excluding carboxylic acids is 2. The molecule has 0 aromatic carbocycles. The monoisotopic (exact) mass is 552 g/mol. The minimum Gasteiger partial charge on any atom is -0.463 e. The first-order valence-corrected chi connectivity index (χ1v) is 14.5. The zero-order valence-corrected chi connectivity index (χ0v) is 22.7. The number of ether oxygens (including phenoxy) is 1. The van der Waals surface area contributed by atoms with Gasteiger partial charge in [-0.15, -0.1) is 21.5 Å². The number of esters is 1. The van der Waals surface area contributed by atoms with Crippen LogP contribution in [0.5, 0.6) is 0 Å². The SMILES string of the molecule is CCOC(=O)c1c(NC(=O)CCSc2nnc(-c3ccco3)c(-c3ccco3)n2)sc2c1CCCCCC2. The molecule has 0 aliphatic heterocycles. The van der Waals surface area contributed by atoms with Gasteiger partial charge < -0.3 is 18.9 Å². The van der Waals surface area contributed by atoms with Crippen molar-refractivity contribution in [2.75, 3.05) is 17.7 Å². The van der Waals surface area contributed by atoms with E-state index in [0.717, 1.165) is 37.7 Å². The number of aryl methyl sites for hydroxylation is 1. The molecule has 198 valence electrons. The van der Waals surface area contributed by atoms with Crippen LogP contribution in [0.25, 0.3) is 22.9 Å². The number of thioether (sulfide) groups is 1. The molecule has 0 bridgehead atoms. The highest BCUT2D eigenvalue weighted by Gasteiger charge is 2.26. The molecule has 1 amide bonds. The van der Waals surface area contributed by atoms with Gasteiger partial charge >= 0.3 is 5.97 Å². The first kappa shape index (κ1) is 26.2. The standard InChI is InChI=1S/C27H28N4O5S2/c1-2-34-26(33)22-17-9-5-3-4-6-12-20(17)38-25(22)28-21(32)13-16-37-27-29-23(18-10-7-14-35-18)24(30-31-27)19-11-8-15-36-19/h7-8,10-11,14-15H,2-6,9,12-13,16H2,1H3,(H,28,32). The highest BCUT2D eigenvalue weighted by atomic mass is 32.2. The lowest BCUT2D eigenvalue weighted by molar-refractivity contribution is -0.115. The zero-order valence-electron chi connectivity index (χ0n) is 21.0. The predicted octanol–water partition coefficient (Wildman–Crippen LogP) is 6.41. The number of carbonyl (C=O) groups is 2. The van der Waals surface area contributed by atoms with E-state index in [9.17, 15) is 9.59 Å². The minimum absolute atomic E-state index is 0.177. The van der Waals surface area contributed by atoms with Crippen molar-refractivity contribution in [3.8, 4) is 22.9 Å². The van der Waals surface area contributed by atoms with Crippen molar-refractivity contribution in [3.63, 3.8) is 0 Å². The molecule has 0 atom stereocenters. The first-order valence-electron chi connectivity index (χ1n) is 12.7. The molecule has 0 saturated carbocycles. The van der Waals surface area contributed by atoms with Gasteiger partial charge in [-0.05, 0) is 62.4 Å². The fourth-order valence-corrected chi connectivity index (χ4v) is 6.41. The highest BCUT2D eigenvalue weighted by Crippen LogP contribution is 2.38. The molecule has 0 radical (unpaired) electrons. The van der Waals surface area contributed by atoms with E-state index >= 15 is 0 Å². The number of nitrogens with zero attached hydrogens (tertiary/aromatic N) is 3. The van der Waals surface area contributed by atoms with Crippen molar-refractivity contribution in [1.82, 2.24) is 15.2 Å². The number of anilines is 1. The van der Waals surface area contributed by atoms with E-state index in [-0.39, 0.29) is 18.3 Å². The summed E-state index contributed by atoms with van der Waals surface area (Å²) in [6.07, 6.45) is 9.57. The predicted molar refractivity (Wildman–Crippen MR) is 145 cm³/mol. The summed E-state index contributed by atoms with van der Waals surface area (Å²) in [6, 6.07) is 7.12. The first-order chi connectivity index (χ1) is 18.6. The number of nitrogens with one attached hydrogen (secondary N) is 1. The van der Waals surface area contributed by atoms with Gasteiger partial charge in [0.25, 0.3) is 0 Å². The quantitative estimate of drug-likeness (QED) is 0.185. The summed E-state index contributed by atoms with van der Waals surface area (Å²) < 4.78 is 16.4. The van der Waals surface area contributed by atoms with Crippen LogP contribution in [0.1, 0.15) is 59.8 Å². The minimum atomic E-state index is -0.364. The normalized spacial score (nSPS) is 13.4. The number of hydrogen-bond acceptors (Lipinski definition) is 10. The van der Waals surface area contributed by atoms with Gasteiger partial charge in [0.15, 0.2) is 17.2 Å². The Morgan fingerprint density at radius 1 is 1.03 bits per heavy atom. The number of aromatic nitrogens is 3. The molecule has 9 nitrogen and oxygen atoms in total. The Bertz CT molecular complexity index is 1380. The van der Waals surface area contributed by atoms with E-state index in [0.29, 0.717) is 51.0 Å². The van der Waals surface area contributed by atoms with Gasteiger partial charge in [0.05, 0.1) is 24.7 Å². The topological polar surface area (TPSA) is 120 Å². The number of rotatable bonds is 9. The zero-order chi connectivity index (χ0) is 26.3. The molecule has 11 heteroatoms. The largest absolute Gasteiger partial charge is 0.463 e. The third-order valence-corrected chi connectivity index (χ3v) is 8.19. The number of amides is 1. The van der Waals surface area contributed by atoms with Crippen LogP contribution in [0.4, 0.5) is 5.00 Å². The van der Waals surface area contributed by atoms with E-state index in [1.54, 1.807) is 43.7 Å². The van der Waals surface area contributed by atoms with Crippen molar-refractivity contribution in [2.45, 2.75) is 57.0 Å². The summed E-state index contributed by atoms with van der Waals surface area (Å²) in [5.74, 6) is 0.978. The van der Waals surface area contributed by atoms with E-state index in [1.807, 2.05) is 0 Å². The van der Waals surface area contributed by atoms with Gasteiger partial charge in [-0.25, -0.2) is 9.78 Å². The summed E-state index contributed by atoms with van der Waals surface area (Å²) in [5.41, 5.74) is 2.56. The highest BCUT2D eigenvalue weighted by molar-refractivity contribution is 7.99. The van der Waals surface area contributed by atoms with Gasteiger partial charge in [0.1, 0.15) is 10.7 Å². The summed E-state index contributed by atoms with van der Waals surface area (Å²) in [4.78, 5) is 31.5. The molecule has 1 aliphatic rings. The van der Waals surface area contributed by atoms with E-state index < -0.39 is 0 Å².